The molecular weight excluding hydrogens is 314 g/mol. The molecule has 0 radical (unpaired) electrons. The van der Waals surface area contributed by atoms with Gasteiger partial charge in [-0.2, -0.15) is 5.26 Å². The zero-order valence-electron chi connectivity index (χ0n) is 14.2. The van der Waals surface area contributed by atoms with Crippen LogP contribution in [0.25, 0.3) is 0 Å². The summed E-state index contributed by atoms with van der Waals surface area (Å²) in [5.74, 6) is 1.10. The van der Waals surface area contributed by atoms with Crippen molar-refractivity contribution in [2.45, 2.75) is 25.9 Å². The summed E-state index contributed by atoms with van der Waals surface area (Å²) in [6, 6.07) is 6.05. The van der Waals surface area contributed by atoms with Gasteiger partial charge in [0.15, 0.2) is 11.5 Å². The number of methoxy groups -OCH3 is 1. The molecule has 1 heterocycles. The number of ether oxygens (including phenoxy) is 2. The zero-order chi connectivity index (χ0) is 17.0. The molecule has 1 aromatic rings. The van der Waals surface area contributed by atoms with Crippen molar-refractivity contribution >= 4 is 11.6 Å². The van der Waals surface area contributed by atoms with Crippen LogP contribution in [0.5, 0.6) is 11.5 Å². The van der Waals surface area contributed by atoms with Crippen LogP contribution < -0.4 is 9.47 Å². The van der Waals surface area contributed by atoms with Crippen molar-refractivity contribution in [3.63, 3.8) is 0 Å². The molecule has 2 rings (SSSR count). The Kier molecular flexibility index (Phi) is 6.11. The molecule has 0 saturated carbocycles. The molecule has 2 unspecified atom stereocenters. The summed E-state index contributed by atoms with van der Waals surface area (Å²) >= 11 is 6.33. The Morgan fingerprint density at radius 2 is 2.17 bits per heavy atom. The number of hydrogen-bond donors (Lipinski definition) is 0. The van der Waals surface area contributed by atoms with Crippen LogP contribution in [0, 0.1) is 11.3 Å². The third-order valence-corrected chi connectivity index (χ3v) is 4.47. The molecule has 0 amide bonds. The lowest BCUT2D eigenvalue weighted by molar-refractivity contribution is 0.0796. The monoisotopic (exact) mass is 337 g/mol. The fourth-order valence-electron chi connectivity index (χ4n) is 3.08. The lowest BCUT2D eigenvalue weighted by Crippen LogP contribution is -2.51. The number of hydrogen-bond acceptors (Lipinski definition) is 5. The van der Waals surface area contributed by atoms with Crippen LogP contribution in [0.3, 0.4) is 0 Å². The summed E-state index contributed by atoms with van der Waals surface area (Å²) in [5, 5.41) is 10.2. The van der Waals surface area contributed by atoms with Gasteiger partial charge in [-0.25, -0.2) is 0 Å². The van der Waals surface area contributed by atoms with E-state index in [9.17, 15) is 5.26 Å². The molecule has 0 N–H and O–H groups in total. The van der Waals surface area contributed by atoms with Gasteiger partial charge in [0.1, 0.15) is 6.04 Å². The van der Waals surface area contributed by atoms with Gasteiger partial charge in [-0.15, -0.1) is 0 Å². The number of nitrogens with zero attached hydrogens (tertiary/aromatic N) is 3. The zero-order valence-corrected chi connectivity index (χ0v) is 14.9. The van der Waals surface area contributed by atoms with E-state index in [2.05, 4.69) is 29.8 Å². The largest absolute Gasteiger partial charge is 0.491 e. The highest BCUT2D eigenvalue weighted by Gasteiger charge is 2.30. The lowest BCUT2D eigenvalue weighted by Gasteiger charge is -2.40. The predicted octanol–water partition coefficient (Wildman–Crippen LogP) is 2.95. The molecule has 0 bridgehead atoms. The van der Waals surface area contributed by atoms with E-state index >= 15 is 0 Å². The second kappa shape index (κ2) is 7.87. The molecule has 2 atom stereocenters. The molecule has 126 valence electrons. The van der Waals surface area contributed by atoms with Crippen LogP contribution in [-0.2, 0) is 0 Å². The van der Waals surface area contributed by atoms with Crippen LogP contribution in [-0.4, -0.2) is 56.2 Å². The van der Waals surface area contributed by atoms with Crippen molar-refractivity contribution in [1.82, 2.24) is 9.80 Å². The SMILES string of the molecule is CCOc1cc(C(C#N)N2CCN(C)CC2C)cc(Cl)c1OC. The first-order chi connectivity index (χ1) is 11.0. The van der Waals surface area contributed by atoms with Gasteiger partial charge in [0.2, 0.25) is 0 Å². The van der Waals surface area contributed by atoms with Gasteiger partial charge in [-0.05, 0) is 38.6 Å². The first-order valence-corrected chi connectivity index (χ1v) is 8.23. The minimum Gasteiger partial charge on any atom is -0.491 e. The summed E-state index contributed by atoms with van der Waals surface area (Å²) in [5.41, 5.74) is 0.846. The van der Waals surface area contributed by atoms with Crippen molar-refractivity contribution < 1.29 is 9.47 Å². The Morgan fingerprint density at radius 1 is 1.43 bits per heavy atom. The van der Waals surface area contributed by atoms with Crippen molar-refractivity contribution in [1.29, 1.82) is 5.26 Å². The van der Waals surface area contributed by atoms with E-state index in [4.69, 9.17) is 21.1 Å². The number of rotatable bonds is 5. The molecule has 1 aliphatic heterocycles. The Balaban J connectivity index is 2.36. The second-order valence-electron chi connectivity index (χ2n) is 5.85. The van der Waals surface area contributed by atoms with E-state index in [1.807, 2.05) is 19.1 Å². The maximum absolute atomic E-state index is 9.73. The Labute approximate surface area is 143 Å². The average molecular weight is 338 g/mol. The van der Waals surface area contributed by atoms with Crippen LogP contribution in [0.15, 0.2) is 12.1 Å². The van der Waals surface area contributed by atoms with Crippen molar-refractivity contribution in [3.8, 4) is 17.6 Å². The van der Waals surface area contributed by atoms with Gasteiger partial charge in [-0.1, -0.05) is 11.6 Å². The smallest absolute Gasteiger partial charge is 0.179 e. The molecule has 5 nitrogen and oxygen atoms in total. The molecule has 23 heavy (non-hydrogen) atoms. The van der Waals surface area contributed by atoms with Gasteiger partial charge < -0.3 is 14.4 Å². The van der Waals surface area contributed by atoms with Crippen molar-refractivity contribution in [2.24, 2.45) is 0 Å². The van der Waals surface area contributed by atoms with Crippen LogP contribution >= 0.6 is 11.6 Å². The number of benzene rings is 1. The Morgan fingerprint density at radius 3 is 2.74 bits per heavy atom. The maximum Gasteiger partial charge on any atom is 0.179 e. The maximum atomic E-state index is 9.73. The first kappa shape index (κ1) is 17.9. The molecule has 0 aliphatic carbocycles. The molecule has 0 aromatic heterocycles. The highest BCUT2D eigenvalue weighted by molar-refractivity contribution is 6.32. The second-order valence-corrected chi connectivity index (χ2v) is 6.26. The molecule has 1 saturated heterocycles. The Hall–Kier alpha value is -1.48. The third-order valence-electron chi connectivity index (χ3n) is 4.19. The predicted molar refractivity (Wildman–Crippen MR) is 91.2 cm³/mol. The number of nitriles is 1. The number of likely N-dealkylation sites (N-methyl/N-ethyl adjacent to an activating group) is 1. The van der Waals surface area contributed by atoms with E-state index in [1.165, 1.54) is 0 Å². The van der Waals surface area contributed by atoms with Gasteiger partial charge in [0.05, 0.1) is 24.8 Å². The van der Waals surface area contributed by atoms with Crippen molar-refractivity contribution in [3.05, 3.63) is 22.7 Å². The minimum atomic E-state index is -0.346. The van der Waals surface area contributed by atoms with Crippen LogP contribution in [0.1, 0.15) is 25.5 Å². The fourth-order valence-corrected chi connectivity index (χ4v) is 3.38. The third kappa shape index (κ3) is 3.89. The molecule has 0 spiro atoms. The van der Waals surface area contributed by atoms with E-state index < -0.39 is 0 Å². The molecule has 1 fully saturated rings. The standard InChI is InChI=1S/C17H24ClN3O2/c1-5-23-16-9-13(8-14(18)17(16)22-4)15(10-19)21-7-6-20(3)11-12(21)2/h8-9,12,15H,5-7,11H2,1-4H3. The quantitative estimate of drug-likeness (QED) is 0.826. The van der Waals surface area contributed by atoms with E-state index in [0.29, 0.717) is 29.2 Å². The molecule has 1 aliphatic rings. The highest BCUT2D eigenvalue weighted by atomic mass is 35.5. The molecule has 1 aromatic carbocycles. The summed E-state index contributed by atoms with van der Waals surface area (Å²) in [6.07, 6.45) is 0. The minimum absolute atomic E-state index is 0.301. The number of piperazine rings is 1. The first-order valence-electron chi connectivity index (χ1n) is 7.85. The van der Waals surface area contributed by atoms with Gasteiger partial charge in [0.25, 0.3) is 0 Å². The van der Waals surface area contributed by atoms with Gasteiger partial charge in [-0.3, -0.25) is 4.90 Å². The van der Waals surface area contributed by atoms with Crippen molar-refractivity contribution in [2.75, 3.05) is 40.4 Å². The summed E-state index contributed by atoms with van der Waals surface area (Å²) in [7, 11) is 3.67. The van der Waals surface area contributed by atoms with Gasteiger partial charge in [0, 0.05) is 25.7 Å². The lowest BCUT2D eigenvalue weighted by atomic mass is 10.0. The topological polar surface area (TPSA) is 48.7 Å². The van der Waals surface area contributed by atoms with Crippen LogP contribution in [0.4, 0.5) is 0 Å². The number of halogens is 1. The highest BCUT2D eigenvalue weighted by Crippen LogP contribution is 2.39. The molecule has 6 heteroatoms. The average Bonchev–Trinajstić information content (AvgIpc) is 2.50. The normalized spacial score (nSPS) is 20.8. The fraction of sp³-hybridized carbons (Fsp3) is 0.588. The summed E-state index contributed by atoms with van der Waals surface area (Å²) < 4.78 is 10.9. The summed E-state index contributed by atoms with van der Waals surface area (Å²) in [4.78, 5) is 4.50. The van der Waals surface area contributed by atoms with E-state index in [-0.39, 0.29) is 6.04 Å². The Bertz CT molecular complexity index is 588. The molecular formula is C17H24ClN3O2. The van der Waals surface area contributed by atoms with E-state index in [0.717, 1.165) is 25.2 Å². The van der Waals surface area contributed by atoms with Crippen LogP contribution in [0.2, 0.25) is 5.02 Å². The summed E-state index contributed by atoms with van der Waals surface area (Å²) in [6.45, 7) is 7.31. The van der Waals surface area contributed by atoms with E-state index in [1.54, 1.807) is 7.11 Å². The van der Waals surface area contributed by atoms with Gasteiger partial charge >= 0.3 is 0 Å².